The largest absolute Gasteiger partial charge is 0.481 e. The van der Waals surface area contributed by atoms with Crippen LogP contribution in [-0.4, -0.2) is 36.9 Å². The summed E-state index contributed by atoms with van der Waals surface area (Å²) >= 11 is 5.47. The number of nitrogens with zero attached hydrogens (tertiary/aromatic N) is 1. The van der Waals surface area contributed by atoms with Gasteiger partial charge in [0.2, 0.25) is 10.0 Å². The Morgan fingerprint density at radius 1 is 1.35 bits per heavy atom. The molecule has 1 aliphatic heterocycles. The molecule has 0 bridgehead atoms. The normalized spacial score (nSPS) is 23.2. The van der Waals surface area contributed by atoms with Crippen molar-refractivity contribution < 1.29 is 31.5 Å². The third-order valence-corrected chi connectivity index (χ3v) is 5.93. The maximum absolute atomic E-state index is 12.9. The molecule has 0 aromatic heterocycles. The topological polar surface area (TPSA) is 74.7 Å². The summed E-state index contributed by atoms with van der Waals surface area (Å²) in [5.41, 5.74) is -1.25. The van der Waals surface area contributed by atoms with E-state index >= 15 is 0 Å². The summed E-state index contributed by atoms with van der Waals surface area (Å²) in [7, 11) is -4.23. The van der Waals surface area contributed by atoms with Gasteiger partial charge in [-0.25, -0.2) is 8.42 Å². The van der Waals surface area contributed by atoms with E-state index in [1.54, 1.807) is 6.92 Å². The molecule has 10 heteroatoms. The van der Waals surface area contributed by atoms with E-state index in [9.17, 15) is 26.4 Å². The van der Waals surface area contributed by atoms with Crippen LogP contribution in [-0.2, 0) is 21.0 Å². The maximum Gasteiger partial charge on any atom is 0.417 e. The van der Waals surface area contributed by atoms with Crippen LogP contribution < -0.4 is 0 Å². The van der Waals surface area contributed by atoms with Crippen molar-refractivity contribution in [2.24, 2.45) is 11.8 Å². The number of rotatable bonds is 3. The maximum atomic E-state index is 12.9. The van der Waals surface area contributed by atoms with E-state index in [0.717, 1.165) is 16.4 Å². The minimum absolute atomic E-state index is 0.0662. The Labute approximate surface area is 135 Å². The quantitative estimate of drug-likeness (QED) is 0.886. The van der Waals surface area contributed by atoms with Crippen molar-refractivity contribution in [3.05, 3.63) is 28.8 Å². The van der Waals surface area contributed by atoms with E-state index in [2.05, 4.69) is 0 Å². The van der Waals surface area contributed by atoms with Gasteiger partial charge in [-0.15, -0.1) is 0 Å². The molecule has 1 saturated heterocycles. The average Bonchev–Trinajstić information content (AvgIpc) is 2.80. The summed E-state index contributed by atoms with van der Waals surface area (Å²) in [6.45, 7) is 1.24. The van der Waals surface area contributed by atoms with Crippen molar-refractivity contribution in [1.82, 2.24) is 4.31 Å². The lowest BCUT2D eigenvalue weighted by molar-refractivity contribution is -0.142. The standard InChI is InChI=1S/C13H13ClF3NO4S/c1-7-5-18(6-9(7)12(19)20)23(21,22)8-2-3-11(14)10(4-8)13(15,16)17/h2-4,7,9H,5-6H2,1H3,(H,19,20)/t7-,9-/m1/s1. The number of hydrogen-bond acceptors (Lipinski definition) is 3. The van der Waals surface area contributed by atoms with Crippen LogP contribution in [0.25, 0.3) is 0 Å². The SMILES string of the molecule is C[C@@H]1CN(S(=O)(=O)c2ccc(Cl)c(C(F)(F)F)c2)C[C@H]1C(=O)O. The van der Waals surface area contributed by atoms with Crippen LogP contribution in [0.2, 0.25) is 5.02 Å². The summed E-state index contributed by atoms with van der Waals surface area (Å²) in [5.74, 6) is -2.46. The fourth-order valence-corrected chi connectivity index (χ4v) is 4.29. The molecular weight excluding hydrogens is 359 g/mol. The first kappa shape index (κ1) is 18.0. The molecule has 0 unspecified atom stereocenters. The van der Waals surface area contributed by atoms with Gasteiger partial charge in [0.15, 0.2) is 0 Å². The predicted molar refractivity (Wildman–Crippen MR) is 75.5 cm³/mol. The van der Waals surface area contributed by atoms with E-state index in [0.29, 0.717) is 6.07 Å². The first-order valence-electron chi connectivity index (χ1n) is 6.54. The molecule has 0 amide bonds. The van der Waals surface area contributed by atoms with E-state index in [-0.39, 0.29) is 13.1 Å². The number of alkyl halides is 3. The molecule has 5 nitrogen and oxygen atoms in total. The second-order valence-electron chi connectivity index (χ2n) is 5.38. The zero-order valence-corrected chi connectivity index (χ0v) is 13.4. The highest BCUT2D eigenvalue weighted by molar-refractivity contribution is 7.89. The average molecular weight is 372 g/mol. The Balaban J connectivity index is 2.40. The molecule has 23 heavy (non-hydrogen) atoms. The minimum atomic E-state index is -4.79. The number of hydrogen-bond donors (Lipinski definition) is 1. The van der Waals surface area contributed by atoms with Crippen molar-refractivity contribution in [3.63, 3.8) is 0 Å². The zero-order chi connectivity index (χ0) is 17.6. The van der Waals surface area contributed by atoms with Crippen LogP contribution in [0, 0.1) is 11.8 Å². The number of carbonyl (C=O) groups is 1. The monoisotopic (exact) mass is 371 g/mol. The zero-order valence-electron chi connectivity index (χ0n) is 11.8. The summed E-state index contributed by atoms with van der Waals surface area (Å²) in [6.07, 6.45) is -4.79. The molecule has 0 spiro atoms. The van der Waals surface area contributed by atoms with Crippen LogP contribution in [0.1, 0.15) is 12.5 Å². The smallest absolute Gasteiger partial charge is 0.417 e. The van der Waals surface area contributed by atoms with Gasteiger partial charge in [0.25, 0.3) is 0 Å². The van der Waals surface area contributed by atoms with Gasteiger partial charge < -0.3 is 5.11 Å². The number of sulfonamides is 1. The van der Waals surface area contributed by atoms with Gasteiger partial charge in [-0.05, 0) is 24.1 Å². The lowest BCUT2D eigenvalue weighted by Crippen LogP contribution is -2.30. The van der Waals surface area contributed by atoms with Crippen molar-refractivity contribution in [3.8, 4) is 0 Å². The molecule has 0 aliphatic carbocycles. The number of benzene rings is 1. The summed E-state index contributed by atoms with van der Waals surface area (Å²) in [5, 5.41) is 8.44. The molecule has 128 valence electrons. The van der Waals surface area contributed by atoms with Crippen molar-refractivity contribution in [2.75, 3.05) is 13.1 Å². The van der Waals surface area contributed by atoms with Crippen LogP contribution in [0.3, 0.4) is 0 Å². The molecule has 1 aliphatic rings. The molecule has 1 aromatic rings. The van der Waals surface area contributed by atoms with Crippen molar-refractivity contribution in [1.29, 1.82) is 0 Å². The van der Waals surface area contributed by atoms with Gasteiger partial charge in [0.05, 0.1) is 21.4 Å². The molecular formula is C13H13ClF3NO4S. The van der Waals surface area contributed by atoms with Crippen LogP contribution >= 0.6 is 11.6 Å². The predicted octanol–water partition coefficient (Wildman–Crippen LogP) is 2.70. The Hall–Kier alpha value is -1.32. The van der Waals surface area contributed by atoms with E-state index in [4.69, 9.17) is 16.7 Å². The molecule has 2 atom stereocenters. The number of halogens is 4. The van der Waals surface area contributed by atoms with Gasteiger partial charge >= 0.3 is 12.1 Å². The molecule has 2 rings (SSSR count). The number of carboxylic acids is 1. The minimum Gasteiger partial charge on any atom is -0.481 e. The highest BCUT2D eigenvalue weighted by Crippen LogP contribution is 2.37. The van der Waals surface area contributed by atoms with Gasteiger partial charge in [0, 0.05) is 13.1 Å². The van der Waals surface area contributed by atoms with Crippen LogP contribution in [0.15, 0.2) is 23.1 Å². The second kappa shape index (κ2) is 5.95. The molecule has 1 heterocycles. The fourth-order valence-electron chi connectivity index (χ4n) is 2.47. The number of carboxylic acid groups (broad SMARTS) is 1. The van der Waals surface area contributed by atoms with E-state index in [1.807, 2.05) is 0 Å². The highest BCUT2D eigenvalue weighted by atomic mass is 35.5. The van der Waals surface area contributed by atoms with Gasteiger partial charge in [-0.2, -0.15) is 17.5 Å². The third-order valence-electron chi connectivity index (χ3n) is 3.78. The number of aliphatic carboxylic acids is 1. The molecule has 1 fully saturated rings. The summed E-state index contributed by atoms with van der Waals surface area (Å²) in [4.78, 5) is 10.5. The fraction of sp³-hybridized carbons (Fsp3) is 0.462. The first-order valence-corrected chi connectivity index (χ1v) is 8.36. The first-order chi connectivity index (χ1) is 10.4. The van der Waals surface area contributed by atoms with Crippen molar-refractivity contribution >= 4 is 27.6 Å². The summed E-state index contributed by atoms with van der Waals surface area (Å²) < 4.78 is 64.4. The van der Waals surface area contributed by atoms with Gasteiger partial charge in [0.1, 0.15) is 0 Å². The Morgan fingerprint density at radius 2 is 1.96 bits per heavy atom. The second-order valence-corrected chi connectivity index (χ2v) is 7.73. The Kier molecular flexibility index (Phi) is 4.67. The lowest BCUT2D eigenvalue weighted by Gasteiger charge is -2.17. The van der Waals surface area contributed by atoms with E-state index < -0.39 is 49.5 Å². The Morgan fingerprint density at radius 3 is 2.43 bits per heavy atom. The lowest BCUT2D eigenvalue weighted by atomic mass is 9.99. The van der Waals surface area contributed by atoms with Crippen LogP contribution in [0.5, 0.6) is 0 Å². The van der Waals surface area contributed by atoms with Gasteiger partial charge in [-0.1, -0.05) is 18.5 Å². The molecule has 0 radical (unpaired) electrons. The van der Waals surface area contributed by atoms with Crippen LogP contribution in [0.4, 0.5) is 13.2 Å². The Bertz CT molecular complexity index is 735. The molecule has 1 N–H and O–H groups in total. The van der Waals surface area contributed by atoms with E-state index in [1.165, 1.54) is 0 Å². The molecule has 1 aromatic carbocycles. The van der Waals surface area contributed by atoms with Crippen molar-refractivity contribution in [2.45, 2.75) is 18.0 Å². The highest BCUT2D eigenvalue weighted by Gasteiger charge is 2.41. The molecule has 0 saturated carbocycles. The third kappa shape index (κ3) is 3.46. The summed E-state index contributed by atoms with van der Waals surface area (Å²) in [6, 6.07) is 2.31. The van der Waals surface area contributed by atoms with Gasteiger partial charge in [-0.3, -0.25) is 4.79 Å².